The van der Waals surface area contributed by atoms with Crippen molar-refractivity contribution in [2.45, 2.75) is 38.6 Å². The van der Waals surface area contributed by atoms with Gasteiger partial charge in [-0.1, -0.05) is 36.6 Å². The smallest absolute Gasteiger partial charge is 0.404 e. The van der Waals surface area contributed by atoms with Crippen molar-refractivity contribution in [3.8, 4) is 5.75 Å². The summed E-state index contributed by atoms with van der Waals surface area (Å²) in [5.74, 6) is 0.465. The molecule has 31 heavy (non-hydrogen) atoms. The predicted octanol–water partition coefficient (Wildman–Crippen LogP) is 2.41. The lowest BCUT2D eigenvalue weighted by Crippen LogP contribution is -2.32. The van der Waals surface area contributed by atoms with E-state index in [1.807, 2.05) is 12.1 Å². The number of fused-ring (bicyclic) bond motifs is 1. The predicted molar refractivity (Wildman–Crippen MR) is 115 cm³/mol. The number of hydrogen-bond donors (Lipinski definition) is 2. The minimum atomic E-state index is -3.73. The van der Waals surface area contributed by atoms with Gasteiger partial charge in [-0.3, -0.25) is 23.4 Å². The van der Waals surface area contributed by atoms with Crippen molar-refractivity contribution < 1.29 is 28.0 Å². The summed E-state index contributed by atoms with van der Waals surface area (Å²) >= 11 is 5.77. The van der Waals surface area contributed by atoms with E-state index in [4.69, 9.17) is 35.0 Å². The Hall–Kier alpha value is -1.88. The molecule has 0 bridgehead atoms. The Labute approximate surface area is 185 Å². The zero-order chi connectivity index (χ0) is 23.0. The van der Waals surface area contributed by atoms with Crippen LogP contribution in [0, 0.1) is 0 Å². The standard InChI is InChI=1S/C16H16ClN2O7P.CH3B.CH4O/c17-12-7-19(16(21)18-15(12)20)14-6-5-11(25-14)9-24-27(22)23-8-10-3-1-2-4-13(10)26-27;2*1-2/h1-4,7,11,14H,5-6,8-9H2,(H,18,20,21);1H3;2H,1H3. The molecule has 4 rings (SSSR count). The lowest BCUT2D eigenvalue weighted by Gasteiger charge is -2.25. The number of para-hydroxylation sites is 1. The number of rotatable bonds is 4. The van der Waals surface area contributed by atoms with Crippen LogP contribution in [0.25, 0.3) is 0 Å². The molecule has 0 spiro atoms. The summed E-state index contributed by atoms with van der Waals surface area (Å²) in [6, 6.07) is 7.12. The second-order valence-corrected chi connectivity index (χ2v) is 8.15. The first-order valence-electron chi connectivity index (χ1n) is 9.29. The van der Waals surface area contributed by atoms with E-state index in [9.17, 15) is 14.2 Å². The summed E-state index contributed by atoms with van der Waals surface area (Å²) in [7, 11) is 1.77. The highest BCUT2D eigenvalue weighted by Crippen LogP contribution is 2.54. The SMILES string of the molecule is CO.O=c1[nH]c(=O)n(C2CCC(COP3(=O)OCc4ccccc4O3)O2)cc1Cl.[B]C. The monoisotopic (exact) mass is 472 g/mol. The average molecular weight is 473 g/mol. The number of ether oxygens (including phenoxy) is 1. The number of halogens is 1. The molecule has 2 aliphatic heterocycles. The topological polar surface area (TPSA) is 129 Å². The molecule has 1 fully saturated rings. The number of aromatic nitrogens is 2. The molecule has 0 aliphatic carbocycles. The van der Waals surface area contributed by atoms with Crippen LogP contribution in [0.15, 0.2) is 40.1 Å². The Bertz CT molecular complexity index is 1030. The Balaban J connectivity index is 0.000000807. The molecule has 3 heterocycles. The minimum Gasteiger partial charge on any atom is -0.404 e. The normalized spacial score (nSPS) is 24.0. The van der Waals surface area contributed by atoms with Crippen LogP contribution in [0.4, 0.5) is 0 Å². The first-order valence-corrected chi connectivity index (χ1v) is 11.1. The number of nitrogens with one attached hydrogen (secondary N) is 1. The van der Waals surface area contributed by atoms with Crippen LogP contribution in [0.1, 0.15) is 24.6 Å². The van der Waals surface area contributed by atoms with Crippen LogP contribution in [-0.4, -0.2) is 42.3 Å². The summed E-state index contributed by atoms with van der Waals surface area (Å²) in [6.07, 6.45) is 1.29. The van der Waals surface area contributed by atoms with Crippen molar-refractivity contribution in [3.05, 3.63) is 61.9 Å². The quantitative estimate of drug-likeness (QED) is 0.513. The molecule has 1 saturated heterocycles. The second kappa shape index (κ2) is 11.7. The maximum Gasteiger partial charge on any atom is 0.530 e. The summed E-state index contributed by atoms with van der Waals surface area (Å²) in [5.41, 5.74) is -0.473. The highest BCUT2D eigenvalue weighted by molar-refractivity contribution is 7.49. The zero-order valence-corrected chi connectivity index (χ0v) is 18.7. The van der Waals surface area contributed by atoms with E-state index < -0.39 is 31.4 Å². The molecule has 1 aromatic heterocycles. The average Bonchev–Trinajstić information content (AvgIpc) is 3.26. The van der Waals surface area contributed by atoms with Crippen LogP contribution >= 0.6 is 19.4 Å². The van der Waals surface area contributed by atoms with Crippen LogP contribution in [0.2, 0.25) is 11.8 Å². The molecule has 0 saturated carbocycles. The molecule has 2 radical (unpaired) electrons. The van der Waals surface area contributed by atoms with E-state index in [2.05, 4.69) is 12.8 Å². The molecule has 2 N–H and O–H groups in total. The zero-order valence-electron chi connectivity index (χ0n) is 17.0. The third kappa shape index (κ3) is 6.32. The lowest BCUT2D eigenvalue weighted by atomic mass is 10.2. The number of benzene rings is 1. The third-order valence-electron chi connectivity index (χ3n) is 4.30. The molecular weight excluding hydrogens is 449 g/mol. The highest BCUT2D eigenvalue weighted by atomic mass is 35.5. The van der Waals surface area contributed by atoms with Gasteiger partial charge in [0.05, 0.1) is 27.2 Å². The van der Waals surface area contributed by atoms with Gasteiger partial charge in [-0.15, -0.1) is 0 Å². The fourth-order valence-corrected chi connectivity index (χ4v) is 4.33. The van der Waals surface area contributed by atoms with E-state index >= 15 is 0 Å². The van der Waals surface area contributed by atoms with Gasteiger partial charge in [0.2, 0.25) is 0 Å². The van der Waals surface area contributed by atoms with E-state index in [-0.39, 0.29) is 18.2 Å². The Kier molecular flexibility index (Phi) is 9.55. The summed E-state index contributed by atoms with van der Waals surface area (Å²) in [6.45, 7) is 1.61. The number of nitrogens with zero attached hydrogens (tertiary/aromatic N) is 1. The van der Waals surface area contributed by atoms with Crippen LogP contribution in [-0.2, 0) is 25.0 Å². The van der Waals surface area contributed by atoms with E-state index in [0.29, 0.717) is 18.6 Å². The molecule has 10 nitrogen and oxygen atoms in total. The Morgan fingerprint density at radius 2 is 2.00 bits per heavy atom. The number of H-pyrrole nitrogens is 1. The Morgan fingerprint density at radius 3 is 2.74 bits per heavy atom. The van der Waals surface area contributed by atoms with Gasteiger partial charge in [-0.05, 0) is 18.9 Å². The minimum absolute atomic E-state index is 0.0260. The van der Waals surface area contributed by atoms with Crippen molar-refractivity contribution >= 4 is 27.3 Å². The number of hydrogen-bond acceptors (Lipinski definition) is 8. The number of aromatic amines is 1. The Morgan fingerprint density at radius 1 is 1.29 bits per heavy atom. The van der Waals surface area contributed by atoms with Crippen molar-refractivity contribution in [2.75, 3.05) is 13.7 Å². The number of aliphatic hydroxyl groups excluding tert-OH is 1. The summed E-state index contributed by atoms with van der Waals surface area (Å²) < 4.78 is 35.6. The molecule has 2 aliphatic rings. The molecular formula is C18H23BClN2O8P. The molecule has 3 unspecified atom stereocenters. The fraction of sp³-hybridized carbons (Fsp3) is 0.444. The van der Waals surface area contributed by atoms with Gasteiger partial charge < -0.3 is 14.4 Å². The van der Waals surface area contributed by atoms with E-state index in [1.165, 1.54) is 17.6 Å². The molecule has 3 atom stereocenters. The molecule has 1 aromatic carbocycles. The van der Waals surface area contributed by atoms with Crippen LogP contribution in [0.5, 0.6) is 5.75 Å². The van der Waals surface area contributed by atoms with E-state index in [1.54, 1.807) is 12.1 Å². The third-order valence-corrected chi connectivity index (χ3v) is 5.90. The molecule has 2 aromatic rings. The number of aliphatic hydroxyl groups is 1. The molecule has 168 valence electrons. The van der Waals surface area contributed by atoms with Gasteiger partial charge in [0, 0.05) is 18.9 Å². The lowest BCUT2D eigenvalue weighted by molar-refractivity contribution is -0.0264. The van der Waals surface area contributed by atoms with Crippen LogP contribution < -0.4 is 15.8 Å². The maximum absolute atomic E-state index is 12.6. The number of phosphoric ester groups is 1. The van der Waals surface area contributed by atoms with Crippen molar-refractivity contribution in [3.63, 3.8) is 0 Å². The maximum atomic E-state index is 12.6. The fourth-order valence-electron chi connectivity index (χ4n) is 2.93. The molecule has 0 amide bonds. The van der Waals surface area contributed by atoms with Gasteiger partial charge in [0.1, 0.15) is 17.0 Å². The van der Waals surface area contributed by atoms with Gasteiger partial charge in [-0.2, -0.15) is 0 Å². The largest absolute Gasteiger partial charge is 0.530 e. The van der Waals surface area contributed by atoms with Crippen molar-refractivity contribution in [1.29, 1.82) is 0 Å². The van der Waals surface area contributed by atoms with Gasteiger partial charge in [0.25, 0.3) is 5.56 Å². The number of phosphoric acid groups is 1. The van der Waals surface area contributed by atoms with Gasteiger partial charge in [0.15, 0.2) is 0 Å². The molecule has 13 heteroatoms. The van der Waals surface area contributed by atoms with Crippen molar-refractivity contribution in [2.24, 2.45) is 0 Å². The summed E-state index contributed by atoms with van der Waals surface area (Å²) in [4.78, 5) is 25.4. The summed E-state index contributed by atoms with van der Waals surface area (Å²) in [5, 5.41) is 6.89. The van der Waals surface area contributed by atoms with Gasteiger partial charge >= 0.3 is 13.5 Å². The second-order valence-electron chi connectivity index (χ2n) is 6.15. The van der Waals surface area contributed by atoms with Gasteiger partial charge in [-0.25, -0.2) is 9.36 Å². The first kappa shape index (κ1) is 25.4. The van der Waals surface area contributed by atoms with E-state index in [0.717, 1.165) is 12.7 Å². The van der Waals surface area contributed by atoms with Crippen molar-refractivity contribution in [1.82, 2.24) is 9.55 Å². The van der Waals surface area contributed by atoms with Crippen LogP contribution in [0.3, 0.4) is 0 Å². The first-order chi connectivity index (χ1) is 14.9. The highest BCUT2D eigenvalue weighted by Gasteiger charge is 2.36.